The third kappa shape index (κ3) is 3.49. The zero-order valence-electron chi connectivity index (χ0n) is 13.6. The van der Waals surface area contributed by atoms with Crippen molar-refractivity contribution in [1.82, 2.24) is 4.98 Å². The summed E-state index contributed by atoms with van der Waals surface area (Å²) in [6.45, 7) is 5.08. The van der Waals surface area contributed by atoms with Gasteiger partial charge in [0.05, 0.1) is 18.9 Å². The SMILES string of the molecule is CCOc1ccc(-c2nc(-c3cc[n+](O)cc3)cs2)cc1OCC. The van der Waals surface area contributed by atoms with Crippen LogP contribution in [0, 0.1) is 0 Å². The number of aromatic nitrogens is 2. The Hall–Kier alpha value is -2.60. The molecular formula is C18H19N2O3S+. The van der Waals surface area contributed by atoms with E-state index in [0.717, 1.165) is 38.1 Å². The number of benzene rings is 1. The first kappa shape index (κ1) is 16.3. The molecule has 0 aliphatic heterocycles. The van der Waals surface area contributed by atoms with Crippen molar-refractivity contribution in [3.05, 3.63) is 48.1 Å². The van der Waals surface area contributed by atoms with Crippen molar-refractivity contribution in [3.63, 3.8) is 0 Å². The second-order valence-electron chi connectivity index (χ2n) is 5.03. The molecule has 0 saturated heterocycles. The standard InChI is InChI=1S/C18H19N2O3S/c1-3-22-16-6-5-14(11-17(16)23-4-2)18-19-15(12-24-18)13-7-9-20(21)10-8-13/h5-12,21H,3-4H2,1-2H3/q+1. The van der Waals surface area contributed by atoms with Crippen LogP contribution in [0.4, 0.5) is 0 Å². The van der Waals surface area contributed by atoms with Crippen molar-refractivity contribution < 1.29 is 19.4 Å². The molecule has 0 amide bonds. The van der Waals surface area contributed by atoms with Crippen LogP contribution in [0.2, 0.25) is 0 Å². The smallest absolute Gasteiger partial charge is 0.222 e. The summed E-state index contributed by atoms with van der Waals surface area (Å²) >= 11 is 1.57. The highest BCUT2D eigenvalue weighted by atomic mass is 32.1. The summed E-state index contributed by atoms with van der Waals surface area (Å²) in [6, 6.07) is 9.51. The fraction of sp³-hybridized carbons (Fsp3) is 0.222. The first-order chi connectivity index (χ1) is 11.7. The van der Waals surface area contributed by atoms with E-state index in [-0.39, 0.29) is 0 Å². The van der Waals surface area contributed by atoms with Crippen LogP contribution in [-0.2, 0) is 0 Å². The predicted octanol–water partition coefficient (Wildman–Crippen LogP) is 3.80. The van der Waals surface area contributed by atoms with E-state index in [1.165, 1.54) is 0 Å². The van der Waals surface area contributed by atoms with E-state index in [0.29, 0.717) is 13.2 Å². The average Bonchev–Trinajstić information content (AvgIpc) is 3.07. The molecule has 0 unspecified atom stereocenters. The summed E-state index contributed by atoms with van der Waals surface area (Å²) in [5, 5.41) is 12.2. The van der Waals surface area contributed by atoms with E-state index in [2.05, 4.69) is 4.98 Å². The molecule has 0 atom stereocenters. The molecule has 2 aromatic heterocycles. The number of pyridine rings is 1. The van der Waals surface area contributed by atoms with Crippen molar-refractivity contribution >= 4 is 11.3 Å². The summed E-state index contributed by atoms with van der Waals surface area (Å²) in [7, 11) is 0. The van der Waals surface area contributed by atoms with Gasteiger partial charge in [-0.25, -0.2) is 4.98 Å². The Morgan fingerprint density at radius 1 is 1.00 bits per heavy atom. The van der Waals surface area contributed by atoms with E-state index in [9.17, 15) is 5.21 Å². The van der Waals surface area contributed by atoms with Crippen LogP contribution in [0.3, 0.4) is 0 Å². The summed E-state index contributed by atoms with van der Waals surface area (Å²) in [6.07, 6.45) is 3.16. The monoisotopic (exact) mass is 343 g/mol. The Kier molecular flexibility index (Phi) is 4.96. The molecule has 1 N–H and O–H groups in total. The van der Waals surface area contributed by atoms with Gasteiger partial charge < -0.3 is 9.47 Å². The number of ether oxygens (including phenoxy) is 2. The summed E-state index contributed by atoms with van der Waals surface area (Å²) in [4.78, 5) is 4.69. The van der Waals surface area contributed by atoms with E-state index in [4.69, 9.17) is 9.47 Å². The fourth-order valence-electron chi connectivity index (χ4n) is 2.31. The minimum Gasteiger partial charge on any atom is -0.490 e. The number of rotatable bonds is 6. The van der Waals surface area contributed by atoms with Crippen LogP contribution in [0.1, 0.15) is 13.8 Å². The number of nitrogens with zero attached hydrogens (tertiary/aromatic N) is 2. The van der Waals surface area contributed by atoms with E-state index < -0.39 is 0 Å². The molecule has 124 valence electrons. The second-order valence-corrected chi connectivity index (χ2v) is 5.89. The molecule has 0 aliphatic carbocycles. The van der Waals surface area contributed by atoms with Gasteiger partial charge >= 0.3 is 0 Å². The van der Waals surface area contributed by atoms with E-state index >= 15 is 0 Å². The van der Waals surface area contributed by atoms with Gasteiger partial charge in [-0.3, -0.25) is 5.21 Å². The highest BCUT2D eigenvalue weighted by molar-refractivity contribution is 7.13. The van der Waals surface area contributed by atoms with E-state index in [1.54, 1.807) is 23.7 Å². The van der Waals surface area contributed by atoms with E-state index in [1.807, 2.05) is 49.6 Å². The number of hydrogen-bond donors (Lipinski definition) is 1. The van der Waals surface area contributed by atoms with Crippen LogP contribution in [0.15, 0.2) is 48.1 Å². The van der Waals surface area contributed by atoms with Crippen molar-refractivity contribution in [1.29, 1.82) is 0 Å². The molecule has 0 bridgehead atoms. The predicted molar refractivity (Wildman–Crippen MR) is 92.7 cm³/mol. The summed E-state index contributed by atoms with van der Waals surface area (Å²) in [5.74, 6) is 1.48. The maximum Gasteiger partial charge on any atom is 0.222 e. The van der Waals surface area contributed by atoms with Gasteiger partial charge in [0.2, 0.25) is 12.4 Å². The van der Waals surface area contributed by atoms with Crippen LogP contribution < -0.4 is 14.2 Å². The first-order valence-corrected chi connectivity index (χ1v) is 8.65. The normalized spacial score (nSPS) is 10.6. The average molecular weight is 343 g/mol. The Morgan fingerprint density at radius 3 is 2.42 bits per heavy atom. The van der Waals surface area contributed by atoms with Crippen LogP contribution in [-0.4, -0.2) is 23.4 Å². The highest BCUT2D eigenvalue weighted by Gasteiger charge is 2.12. The van der Waals surface area contributed by atoms with Crippen LogP contribution in [0.5, 0.6) is 11.5 Å². The second kappa shape index (κ2) is 7.31. The van der Waals surface area contributed by atoms with Gasteiger partial charge in [0.25, 0.3) is 0 Å². The van der Waals surface area contributed by atoms with Gasteiger partial charge in [-0.2, -0.15) is 0 Å². The van der Waals surface area contributed by atoms with Crippen molar-refractivity contribution in [2.75, 3.05) is 13.2 Å². The molecule has 0 spiro atoms. The Bertz CT molecular complexity index is 815. The van der Waals surface area contributed by atoms with Gasteiger partial charge in [-0.05, 0) is 32.0 Å². The molecule has 24 heavy (non-hydrogen) atoms. The number of hydrogen-bond acceptors (Lipinski definition) is 5. The molecule has 6 heteroatoms. The lowest BCUT2D eigenvalue weighted by Crippen LogP contribution is -2.27. The lowest BCUT2D eigenvalue weighted by atomic mass is 10.2. The van der Waals surface area contributed by atoms with Crippen molar-refractivity contribution in [2.24, 2.45) is 0 Å². The molecule has 3 rings (SSSR count). The topological polar surface area (TPSA) is 55.5 Å². The lowest BCUT2D eigenvalue weighted by Gasteiger charge is -2.11. The third-order valence-electron chi connectivity index (χ3n) is 3.40. The summed E-state index contributed by atoms with van der Waals surface area (Å²) < 4.78 is 12.3. The Balaban J connectivity index is 1.91. The molecule has 0 radical (unpaired) electrons. The maximum absolute atomic E-state index is 9.31. The maximum atomic E-state index is 9.31. The van der Waals surface area contributed by atoms with Crippen LogP contribution >= 0.6 is 11.3 Å². The minimum atomic E-state index is 0.581. The quantitative estimate of drug-likeness (QED) is 0.546. The van der Waals surface area contributed by atoms with Gasteiger partial charge in [0, 0.05) is 33.4 Å². The zero-order chi connectivity index (χ0) is 16.9. The van der Waals surface area contributed by atoms with Gasteiger partial charge in [-0.1, -0.05) is 0 Å². The Morgan fingerprint density at radius 2 is 1.71 bits per heavy atom. The van der Waals surface area contributed by atoms with Crippen molar-refractivity contribution in [2.45, 2.75) is 13.8 Å². The molecule has 5 nitrogen and oxygen atoms in total. The molecule has 1 aromatic carbocycles. The molecular weight excluding hydrogens is 324 g/mol. The Labute approximate surface area is 144 Å². The fourth-order valence-corrected chi connectivity index (χ4v) is 3.14. The molecule has 3 aromatic rings. The van der Waals surface area contributed by atoms with Gasteiger partial charge in [0.15, 0.2) is 11.5 Å². The molecule has 2 heterocycles. The molecule has 0 fully saturated rings. The third-order valence-corrected chi connectivity index (χ3v) is 4.30. The van der Waals surface area contributed by atoms with Crippen molar-refractivity contribution in [3.8, 4) is 33.3 Å². The summed E-state index contributed by atoms with van der Waals surface area (Å²) in [5.41, 5.74) is 2.83. The largest absolute Gasteiger partial charge is 0.490 e. The minimum absolute atomic E-state index is 0.581. The van der Waals surface area contributed by atoms with Gasteiger partial charge in [0.1, 0.15) is 5.01 Å². The van der Waals surface area contributed by atoms with Gasteiger partial charge in [-0.15, -0.1) is 11.3 Å². The first-order valence-electron chi connectivity index (χ1n) is 7.77. The molecule has 0 aliphatic rings. The molecule has 0 saturated carbocycles. The lowest BCUT2D eigenvalue weighted by molar-refractivity contribution is -0.904. The highest BCUT2D eigenvalue weighted by Crippen LogP contribution is 2.35. The number of thiazole rings is 1. The van der Waals surface area contributed by atoms with Crippen LogP contribution in [0.25, 0.3) is 21.8 Å². The zero-order valence-corrected chi connectivity index (χ0v) is 14.4.